The SMILES string of the molecule is CCN1CC(C(C)N)c2c1cccc2C(F)(F)F. The molecule has 1 aliphatic rings. The van der Waals surface area contributed by atoms with Gasteiger partial charge >= 0.3 is 6.18 Å². The van der Waals surface area contributed by atoms with Crippen LogP contribution < -0.4 is 10.6 Å². The Kier molecular flexibility index (Phi) is 3.27. The van der Waals surface area contributed by atoms with Crippen LogP contribution in [0, 0.1) is 0 Å². The molecular formula is C13H17F3N2. The minimum absolute atomic E-state index is 0.252. The number of nitrogens with two attached hydrogens (primary N) is 1. The van der Waals surface area contributed by atoms with Crippen LogP contribution in [0.1, 0.15) is 30.9 Å². The number of halogens is 3. The first-order chi connectivity index (χ1) is 8.36. The Labute approximate surface area is 105 Å². The van der Waals surface area contributed by atoms with Crippen LogP contribution in [0.15, 0.2) is 18.2 Å². The molecule has 1 aliphatic heterocycles. The highest BCUT2D eigenvalue weighted by Crippen LogP contribution is 2.45. The molecule has 0 aliphatic carbocycles. The highest BCUT2D eigenvalue weighted by molar-refractivity contribution is 5.64. The van der Waals surface area contributed by atoms with Crippen LogP contribution in [0.4, 0.5) is 18.9 Å². The molecule has 0 saturated carbocycles. The van der Waals surface area contributed by atoms with Gasteiger partial charge in [-0.15, -0.1) is 0 Å². The molecule has 0 spiro atoms. The average Bonchev–Trinajstić information content (AvgIpc) is 2.66. The van der Waals surface area contributed by atoms with E-state index in [1.54, 1.807) is 13.0 Å². The van der Waals surface area contributed by atoms with Gasteiger partial charge in [0.2, 0.25) is 0 Å². The van der Waals surface area contributed by atoms with Crippen molar-refractivity contribution >= 4 is 5.69 Å². The Morgan fingerprint density at radius 1 is 1.44 bits per heavy atom. The molecule has 1 heterocycles. The van der Waals surface area contributed by atoms with Crippen LogP contribution in [0.5, 0.6) is 0 Å². The third-order valence-corrected chi connectivity index (χ3v) is 3.53. The van der Waals surface area contributed by atoms with Gasteiger partial charge in [-0.3, -0.25) is 0 Å². The van der Waals surface area contributed by atoms with E-state index >= 15 is 0 Å². The molecule has 0 fully saturated rings. The summed E-state index contributed by atoms with van der Waals surface area (Å²) in [5.74, 6) is -0.252. The fourth-order valence-electron chi connectivity index (χ4n) is 2.62. The Hall–Kier alpha value is -1.23. The second kappa shape index (κ2) is 4.46. The fourth-order valence-corrected chi connectivity index (χ4v) is 2.62. The molecule has 0 bridgehead atoms. The highest BCUT2D eigenvalue weighted by atomic mass is 19.4. The molecule has 2 atom stereocenters. The molecule has 18 heavy (non-hydrogen) atoms. The zero-order valence-corrected chi connectivity index (χ0v) is 10.5. The van der Waals surface area contributed by atoms with Crippen molar-refractivity contribution in [2.45, 2.75) is 32.0 Å². The lowest BCUT2D eigenvalue weighted by atomic mass is 9.91. The van der Waals surface area contributed by atoms with Gasteiger partial charge in [0.1, 0.15) is 0 Å². The molecule has 0 saturated heterocycles. The van der Waals surface area contributed by atoms with Crippen LogP contribution >= 0.6 is 0 Å². The van der Waals surface area contributed by atoms with Crippen LogP contribution in [0.3, 0.4) is 0 Å². The van der Waals surface area contributed by atoms with Crippen LogP contribution in [-0.4, -0.2) is 19.1 Å². The summed E-state index contributed by atoms with van der Waals surface area (Å²) in [6.45, 7) is 4.96. The first kappa shape index (κ1) is 13.2. The number of rotatable bonds is 2. The van der Waals surface area contributed by atoms with E-state index in [1.807, 2.05) is 11.8 Å². The van der Waals surface area contributed by atoms with E-state index in [1.165, 1.54) is 6.07 Å². The first-order valence-corrected chi connectivity index (χ1v) is 6.07. The zero-order chi connectivity index (χ0) is 13.5. The molecule has 2 rings (SSSR count). The monoisotopic (exact) mass is 258 g/mol. The number of benzene rings is 1. The highest BCUT2D eigenvalue weighted by Gasteiger charge is 2.41. The van der Waals surface area contributed by atoms with Crippen LogP contribution in [0.2, 0.25) is 0 Å². The van der Waals surface area contributed by atoms with E-state index < -0.39 is 11.7 Å². The number of fused-ring (bicyclic) bond motifs is 1. The normalized spacial score (nSPS) is 21.0. The lowest BCUT2D eigenvalue weighted by molar-refractivity contribution is -0.138. The Morgan fingerprint density at radius 2 is 2.11 bits per heavy atom. The van der Waals surface area contributed by atoms with Gasteiger partial charge in [-0.05, 0) is 31.5 Å². The third-order valence-electron chi connectivity index (χ3n) is 3.53. The summed E-state index contributed by atoms with van der Waals surface area (Å²) in [5.41, 5.74) is 6.34. The van der Waals surface area contributed by atoms with Gasteiger partial charge in [-0.25, -0.2) is 0 Å². The topological polar surface area (TPSA) is 29.3 Å². The number of hydrogen-bond donors (Lipinski definition) is 1. The summed E-state index contributed by atoms with van der Waals surface area (Å²) in [6, 6.07) is 4.07. The molecule has 2 unspecified atom stereocenters. The molecule has 1 aromatic rings. The van der Waals surface area contributed by atoms with Crippen molar-refractivity contribution in [1.82, 2.24) is 0 Å². The van der Waals surface area contributed by atoms with Crippen molar-refractivity contribution < 1.29 is 13.2 Å². The number of anilines is 1. The van der Waals surface area contributed by atoms with Crippen LogP contribution in [0.25, 0.3) is 0 Å². The molecule has 1 aromatic carbocycles. The average molecular weight is 258 g/mol. The number of likely N-dealkylation sites (N-methyl/N-ethyl adjacent to an activating group) is 1. The summed E-state index contributed by atoms with van der Waals surface area (Å²) in [4.78, 5) is 1.96. The molecule has 0 aromatic heterocycles. The molecule has 2 N–H and O–H groups in total. The smallest absolute Gasteiger partial charge is 0.371 e. The lowest BCUT2D eigenvalue weighted by Gasteiger charge is -2.19. The van der Waals surface area contributed by atoms with E-state index in [0.717, 1.165) is 6.07 Å². The molecule has 5 heteroatoms. The van der Waals surface area contributed by atoms with Crippen molar-refractivity contribution in [3.05, 3.63) is 29.3 Å². The second-order valence-corrected chi connectivity index (χ2v) is 4.74. The lowest BCUT2D eigenvalue weighted by Crippen LogP contribution is -2.30. The van der Waals surface area contributed by atoms with Crippen molar-refractivity contribution in [1.29, 1.82) is 0 Å². The van der Waals surface area contributed by atoms with Crippen molar-refractivity contribution in [2.24, 2.45) is 5.73 Å². The van der Waals surface area contributed by atoms with Crippen molar-refractivity contribution in [3.8, 4) is 0 Å². The van der Waals surface area contributed by atoms with Gasteiger partial charge in [0.25, 0.3) is 0 Å². The maximum absolute atomic E-state index is 13.1. The summed E-state index contributed by atoms with van der Waals surface area (Å²) in [6.07, 6.45) is -4.32. The third kappa shape index (κ3) is 2.07. The summed E-state index contributed by atoms with van der Waals surface area (Å²) in [5, 5.41) is 0. The van der Waals surface area contributed by atoms with Gasteiger partial charge < -0.3 is 10.6 Å². The van der Waals surface area contributed by atoms with Crippen LogP contribution in [-0.2, 0) is 6.18 Å². The minimum atomic E-state index is -4.32. The maximum atomic E-state index is 13.1. The first-order valence-electron chi connectivity index (χ1n) is 6.07. The fraction of sp³-hybridized carbons (Fsp3) is 0.538. The quantitative estimate of drug-likeness (QED) is 0.883. The predicted octanol–water partition coefficient (Wildman–Crippen LogP) is 2.98. The van der Waals surface area contributed by atoms with E-state index in [-0.39, 0.29) is 12.0 Å². The summed E-state index contributed by atoms with van der Waals surface area (Å²) >= 11 is 0. The van der Waals surface area contributed by atoms with E-state index in [0.29, 0.717) is 24.3 Å². The van der Waals surface area contributed by atoms with Gasteiger partial charge in [0.15, 0.2) is 0 Å². The standard InChI is InChI=1S/C13H17F3N2/c1-3-18-7-9(8(2)17)12-10(13(14,15)16)5-4-6-11(12)18/h4-6,8-9H,3,7,17H2,1-2H3. The number of nitrogens with zero attached hydrogens (tertiary/aromatic N) is 1. The largest absolute Gasteiger partial charge is 0.416 e. The molecular weight excluding hydrogens is 241 g/mol. The summed E-state index contributed by atoms with van der Waals surface area (Å²) < 4.78 is 39.2. The molecule has 100 valence electrons. The molecule has 2 nitrogen and oxygen atoms in total. The van der Waals surface area contributed by atoms with E-state index in [9.17, 15) is 13.2 Å². The van der Waals surface area contributed by atoms with Gasteiger partial charge in [0, 0.05) is 30.7 Å². The number of alkyl halides is 3. The van der Waals surface area contributed by atoms with Crippen molar-refractivity contribution in [3.63, 3.8) is 0 Å². The maximum Gasteiger partial charge on any atom is 0.416 e. The summed E-state index contributed by atoms with van der Waals surface area (Å²) in [7, 11) is 0. The van der Waals surface area contributed by atoms with Gasteiger partial charge in [-0.1, -0.05) is 6.07 Å². The Bertz CT molecular complexity index is 440. The Morgan fingerprint density at radius 3 is 2.61 bits per heavy atom. The minimum Gasteiger partial charge on any atom is -0.371 e. The van der Waals surface area contributed by atoms with E-state index in [2.05, 4.69) is 0 Å². The molecule has 0 amide bonds. The van der Waals surface area contributed by atoms with Gasteiger partial charge in [-0.2, -0.15) is 13.2 Å². The predicted molar refractivity (Wildman–Crippen MR) is 65.7 cm³/mol. The van der Waals surface area contributed by atoms with Crippen molar-refractivity contribution in [2.75, 3.05) is 18.0 Å². The van der Waals surface area contributed by atoms with Gasteiger partial charge in [0.05, 0.1) is 5.56 Å². The zero-order valence-electron chi connectivity index (χ0n) is 10.5. The van der Waals surface area contributed by atoms with E-state index in [4.69, 9.17) is 5.73 Å². The Balaban J connectivity index is 2.59. The second-order valence-electron chi connectivity index (χ2n) is 4.74. The number of hydrogen-bond acceptors (Lipinski definition) is 2. The molecule has 0 radical (unpaired) electrons.